The van der Waals surface area contributed by atoms with Crippen molar-refractivity contribution in [3.8, 4) is 0 Å². The third-order valence-corrected chi connectivity index (χ3v) is 6.73. The minimum absolute atomic E-state index is 0.0346. The zero-order valence-corrected chi connectivity index (χ0v) is 17.9. The molecule has 1 heterocycles. The number of anilines is 1. The van der Waals surface area contributed by atoms with Gasteiger partial charge in [0.2, 0.25) is 9.84 Å². The molecule has 0 saturated carbocycles. The number of carbonyl (C=O) groups excluding carboxylic acids is 1. The topological polar surface area (TPSA) is 88.3 Å². The smallest absolute Gasteiger partial charge is 0.251 e. The largest absolute Gasteiger partial charge is 0.367 e. The number of aromatic nitrogens is 1. The monoisotopic (exact) mass is 454 g/mol. The van der Waals surface area contributed by atoms with Gasteiger partial charge < -0.3 is 15.0 Å². The van der Waals surface area contributed by atoms with Crippen LogP contribution in [0.1, 0.15) is 5.56 Å². The van der Waals surface area contributed by atoms with E-state index in [4.69, 9.17) is 16.3 Å². The van der Waals surface area contributed by atoms with Gasteiger partial charge in [-0.15, -0.1) is 0 Å². The number of carbonyl (C=O) groups is 1. The average Bonchev–Trinajstić information content (AvgIpc) is 3.12. The van der Waals surface area contributed by atoms with Crippen molar-refractivity contribution in [1.82, 2.24) is 4.98 Å². The number of fused-ring (bicyclic) bond motifs is 1. The Labute approximate surface area is 184 Å². The van der Waals surface area contributed by atoms with Crippen LogP contribution in [0.4, 0.5) is 5.82 Å². The number of sulfone groups is 1. The number of rotatable bonds is 7. The number of hydrogen-bond acceptors (Lipinski definition) is 4. The van der Waals surface area contributed by atoms with Crippen molar-refractivity contribution in [2.45, 2.75) is 16.4 Å². The number of hydrogen-bond donors (Lipinski definition) is 2. The van der Waals surface area contributed by atoms with Crippen molar-refractivity contribution in [3.05, 3.63) is 89.4 Å². The second-order valence-electron chi connectivity index (χ2n) is 6.86. The number of benzene rings is 3. The molecule has 4 aromatic rings. The Morgan fingerprint density at radius 1 is 0.968 bits per heavy atom. The summed E-state index contributed by atoms with van der Waals surface area (Å²) in [6.45, 7) is 0.0432. The van der Waals surface area contributed by atoms with Gasteiger partial charge in [-0.3, -0.25) is 4.79 Å². The first kappa shape index (κ1) is 21.1. The molecule has 0 aliphatic heterocycles. The lowest BCUT2D eigenvalue weighted by Crippen LogP contribution is -2.20. The molecular formula is C23H19ClN2O4S. The highest BCUT2D eigenvalue weighted by Crippen LogP contribution is 2.36. The lowest BCUT2D eigenvalue weighted by atomic mass is 10.2. The minimum atomic E-state index is -3.92. The molecule has 0 bridgehead atoms. The van der Waals surface area contributed by atoms with E-state index in [1.54, 1.807) is 36.4 Å². The van der Waals surface area contributed by atoms with Crippen LogP contribution in [0.25, 0.3) is 10.9 Å². The van der Waals surface area contributed by atoms with E-state index in [0.29, 0.717) is 15.9 Å². The number of H-pyrrole nitrogens is 1. The van der Waals surface area contributed by atoms with Crippen molar-refractivity contribution in [1.29, 1.82) is 0 Å². The van der Waals surface area contributed by atoms with Crippen LogP contribution >= 0.6 is 11.6 Å². The number of amides is 1. The van der Waals surface area contributed by atoms with Crippen LogP contribution in [0.2, 0.25) is 5.02 Å². The molecule has 31 heavy (non-hydrogen) atoms. The third-order valence-electron chi connectivity index (χ3n) is 4.64. The maximum absolute atomic E-state index is 13.4. The molecule has 2 N–H and O–H groups in total. The van der Waals surface area contributed by atoms with Crippen molar-refractivity contribution in [3.63, 3.8) is 0 Å². The van der Waals surface area contributed by atoms with Crippen LogP contribution in [0.15, 0.2) is 88.7 Å². The highest BCUT2D eigenvalue weighted by Gasteiger charge is 2.27. The highest BCUT2D eigenvalue weighted by molar-refractivity contribution is 7.92. The van der Waals surface area contributed by atoms with Gasteiger partial charge >= 0.3 is 0 Å². The van der Waals surface area contributed by atoms with Gasteiger partial charge in [0, 0.05) is 15.9 Å². The summed E-state index contributed by atoms with van der Waals surface area (Å²) in [5.74, 6) is -0.396. The van der Waals surface area contributed by atoms with Crippen LogP contribution < -0.4 is 5.32 Å². The molecule has 158 valence electrons. The van der Waals surface area contributed by atoms with E-state index in [2.05, 4.69) is 10.3 Å². The average molecular weight is 455 g/mol. The van der Waals surface area contributed by atoms with E-state index in [-0.39, 0.29) is 28.8 Å². The van der Waals surface area contributed by atoms with Gasteiger partial charge in [0.15, 0.2) is 0 Å². The van der Waals surface area contributed by atoms with Crippen molar-refractivity contribution in [2.75, 3.05) is 11.9 Å². The van der Waals surface area contributed by atoms with Crippen LogP contribution in [-0.4, -0.2) is 25.9 Å². The van der Waals surface area contributed by atoms with E-state index in [1.807, 2.05) is 30.3 Å². The van der Waals surface area contributed by atoms with Crippen molar-refractivity contribution >= 4 is 44.1 Å². The summed E-state index contributed by atoms with van der Waals surface area (Å²) in [7, 11) is -3.92. The zero-order chi connectivity index (χ0) is 21.8. The molecular weight excluding hydrogens is 436 g/mol. The molecule has 0 radical (unpaired) electrons. The standard InChI is InChI=1S/C23H19ClN2O4S/c24-17-11-12-20-19(13-17)22(31(28,29)18-9-5-2-6-10-18)23(25-20)26-21(27)15-30-14-16-7-3-1-4-8-16/h1-13,25H,14-15H2,(H,26,27). The Hall–Kier alpha value is -3.13. The van der Waals surface area contributed by atoms with Gasteiger partial charge in [-0.1, -0.05) is 60.1 Å². The van der Waals surface area contributed by atoms with E-state index in [1.165, 1.54) is 12.1 Å². The molecule has 3 aromatic carbocycles. The summed E-state index contributed by atoms with van der Waals surface area (Å²) < 4.78 is 32.2. The van der Waals surface area contributed by atoms with Crippen LogP contribution in [0, 0.1) is 0 Å². The molecule has 0 aliphatic carbocycles. The molecule has 0 saturated heterocycles. The molecule has 0 spiro atoms. The first-order valence-corrected chi connectivity index (χ1v) is 11.3. The van der Waals surface area contributed by atoms with E-state index in [9.17, 15) is 13.2 Å². The molecule has 8 heteroatoms. The first-order chi connectivity index (χ1) is 14.9. The predicted molar refractivity (Wildman–Crippen MR) is 120 cm³/mol. The fourth-order valence-electron chi connectivity index (χ4n) is 3.24. The molecule has 4 rings (SSSR count). The van der Waals surface area contributed by atoms with E-state index >= 15 is 0 Å². The SMILES string of the molecule is O=C(COCc1ccccc1)Nc1[nH]c2ccc(Cl)cc2c1S(=O)(=O)c1ccccc1. The Bertz CT molecular complexity index is 1320. The van der Waals surface area contributed by atoms with Gasteiger partial charge in [-0.05, 0) is 35.9 Å². The number of halogens is 1. The lowest BCUT2D eigenvalue weighted by Gasteiger charge is -2.09. The Morgan fingerprint density at radius 2 is 1.65 bits per heavy atom. The zero-order valence-electron chi connectivity index (χ0n) is 16.3. The summed E-state index contributed by atoms with van der Waals surface area (Å²) in [5.41, 5.74) is 1.47. The van der Waals surface area contributed by atoms with Crippen molar-refractivity contribution in [2.24, 2.45) is 0 Å². The third kappa shape index (κ3) is 4.64. The molecule has 1 amide bonds. The van der Waals surface area contributed by atoms with Crippen LogP contribution in [0.3, 0.4) is 0 Å². The summed E-state index contributed by atoms with van der Waals surface area (Å²) >= 11 is 6.11. The number of ether oxygens (including phenoxy) is 1. The molecule has 0 unspecified atom stereocenters. The van der Waals surface area contributed by atoms with Gasteiger partial charge in [0.25, 0.3) is 5.91 Å². The maximum Gasteiger partial charge on any atom is 0.251 e. The van der Waals surface area contributed by atoms with Gasteiger partial charge in [-0.25, -0.2) is 8.42 Å². The Morgan fingerprint density at radius 3 is 2.35 bits per heavy atom. The van der Waals surface area contributed by atoms with E-state index < -0.39 is 15.7 Å². The van der Waals surface area contributed by atoms with Gasteiger partial charge in [-0.2, -0.15) is 0 Å². The Kier molecular flexibility index (Phi) is 6.08. The second kappa shape index (κ2) is 8.93. The number of nitrogens with one attached hydrogen (secondary N) is 2. The summed E-state index contributed by atoms with van der Waals surface area (Å²) in [5, 5.41) is 3.43. The summed E-state index contributed by atoms with van der Waals surface area (Å²) in [6.07, 6.45) is 0. The number of aromatic amines is 1. The molecule has 0 aliphatic rings. The maximum atomic E-state index is 13.4. The minimum Gasteiger partial charge on any atom is -0.367 e. The highest BCUT2D eigenvalue weighted by atomic mass is 35.5. The normalized spacial score (nSPS) is 11.5. The molecule has 6 nitrogen and oxygen atoms in total. The molecule has 0 atom stereocenters. The van der Waals surface area contributed by atoms with Crippen LogP contribution in [0.5, 0.6) is 0 Å². The van der Waals surface area contributed by atoms with E-state index in [0.717, 1.165) is 5.56 Å². The van der Waals surface area contributed by atoms with Crippen LogP contribution in [-0.2, 0) is 26.0 Å². The first-order valence-electron chi connectivity index (χ1n) is 9.48. The summed E-state index contributed by atoms with van der Waals surface area (Å²) in [4.78, 5) is 15.5. The lowest BCUT2D eigenvalue weighted by molar-refractivity contribution is -0.121. The predicted octanol–water partition coefficient (Wildman–Crippen LogP) is 4.81. The molecule has 1 aromatic heterocycles. The van der Waals surface area contributed by atoms with Gasteiger partial charge in [0.05, 0.1) is 11.5 Å². The fraction of sp³-hybridized carbons (Fsp3) is 0.0870. The Balaban J connectivity index is 1.63. The summed E-state index contributed by atoms with van der Waals surface area (Å²) in [6, 6.07) is 22.4. The quantitative estimate of drug-likeness (QED) is 0.419. The van der Waals surface area contributed by atoms with Crippen molar-refractivity contribution < 1.29 is 17.9 Å². The molecule has 0 fully saturated rings. The van der Waals surface area contributed by atoms with Gasteiger partial charge in [0.1, 0.15) is 17.3 Å². The fourth-order valence-corrected chi connectivity index (χ4v) is 4.99. The second-order valence-corrected chi connectivity index (χ2v) is 9.19.